The van der Waals surface area contributed by atoms with Gasteiger partial charge in [-0.25, -0.2) is 0 Å². The molecule has 0 bridgehead atoms. The highest BCUT2D eigenvalue weighted by atomic mass is 15.2. The normalized spacial score (nSPS) is 18.6. The molecule has 2 rings (SSSR count). The molecule has 1 aliphatic heterocycles. The zero-order valence-corrected chi connectivity index (χ0v) is 10.5. The molecule has 1 saturated heterocycles. The van der Waals surface area contributed by atoms with Gasteiger partial charge in [0.05, 0.1) is 6.07 Å². The molecular weight excluding hydrogens is 208 g/mol. The number of benzene rings is 1. The first-order valence-corrected chi connectivity index (χ1v) is 6.58. The largest absolute Gasteiger partial charge is 0.284 e. The van der Waals surface area contributed by atoms with E-state index in [2.05, 4.69) is 36.1 Å². The van der Waals surface area contributed by atoms with Gasteiger partial charge < -0.3 is 0 Å². The fraction of sp³-hybridized carbons (Fsp3) is 0.533. The van der Waals surface area contributed by atoms with Crippen LogP contribution in [0.2, 0.25) is 0 Å². The third-order valence-corrected chi connectivity index (χ3v) is 3.61. The average Bonchev–Trinajstić information content (AvgIpc) is 2.41. The van der Waals surface area contributed by atoms with E-state index in [-0.39, 0.29) is 6.04 Å². The van der Waals surface area contributed by atoms with Crippen molar-refractivity contribution in [2.45, 2.75) is 38.6 Å². The first-order valence-electron chi connectivity index (χ1n) is 6.58. The summed E-state index contributed by atoms with van der Waals surface area (Å²) in [5, 5.41) is 9.46. The lowest BCUT2D eigenvalue weighted by molar-refractivity contribution is 0.195. The highest BCUT2D eigenvalue weighted by Crippen LogP contribution is 2.26. The van der Waals surface area contributed by atoms with E-state index in [0.717, 1.165) is 19.5 Å². The summed E-state index contributed by atoms with van der Waals surface area (Å²) < 4.78 is 0. The van der Waals surface area contributed by atoms with Crippen LogP contribution in [0, 0.1) is 11.3 Å². The number of nitrogens with zero attached hydrogens (tertiary/aromatic N) is 2. The van der Waals surface area contributed by atoms with Crippen molar-refractivity contribution in [3.63, 3.8) is 0 Å². The summed E-state index contributed by atoms with van der Waals surface area (Å²) in [6.45, 7) is 4.29. The first-order chi connectivity index (χ1) is 8.36. The van der Waals surface area contributed by atoms with E-state index in [9.17, 15) is 5.26 Å². The molecule has 0 saturated carbocycles. The predicted molar refractivity (Wildman–Crippen MR) is 69.6 cm³/mol. The Morgan fingerprint density at radius 1 is 1.24 bits per heavy atom. The van der Waals surface area contributed by atoms with Gasteiger partial charge in [0.1, 0.15) is 6.04 Å². The molecule has 0 amide bonds. The van der Waals surface area contributed by atoms with Crippen LogP contribution in [0.25, 0.3) is 0 Å². The summed E-state index contributed by atoms with van der Waals surface area (Å²) in [5.41, 5.74) is 2.52. The summed E-state index contributed by atoms with van der Waals surface area (Å²) in [7, 11) is 0. The molecule has 0 radical (unpaired) electrons. The van der Waals surface area contributed by atoms with Gasteiger partial charge in [-0.3, -0.25) is 4.90 Å². The smallest absolute Gasteiger partial charge is 0.124 e. The maximum Gasteiger partial charge on any atom is 0.124 e. The quantitative estimate of drug-likeness (QED) is 0.793. The number of piperidine rings is 1. The molecule has 17 heavy (non-hydrogen) atoms. The summed E-state index contributed by atoms with van der Waals surface area (Å²) in [4.78, 5) is 2.33. The molecule has 1 aromatic carbocycles. The lowest BCUT2D eigenvalue weighted by Crippen LogP contribution is -2.33. The molecule has 1 aromatic rings. The van der Waals surface area contributed by atoms with E-state index in [4.69, 9.17) is 0 Å². The Bertz CT molecular complexity index is 400. The van der Waals surface area contributed by atoms with E-state index < -0.39 is 0 Å². The fourth-order valence-electron chi connectivity index (χ4n) is 2.65. The van der Waals surface area contributed by atoms with Crippen molar-refractivity contribution < 1.29 is 0 Å². The van der Waals surface area contributed by atoms with Crippen LogP contribution in [0.15, 0.2) is 24.3 Å². The van der Waals surface area contributed by atoms with Gasteiger partial charge in [0, 0.05) is 0 Å². The second-order valence-electron chi connectivity index (χ2n) is 4.68. The molecule has 0 aromatic heterocycles. The molecule has 2 nitrogen and oxygen atoms in total. The monoisotopic (exact) mass is 228 g/mol. The van der Waals surface area contributed by atoms with Crippen molar-refractivity contribution in [3.05, 3.63) is 35.4 Å². The standard InChI is InChI=1S/C15H20N2/c1-2-13-8-4-5-9-14(13)15(12-16)17-10-6-3-7-11-17/h4-5,8-9,15H,2-3,6-7,10-11H2,1H3. The van der Waals surface area contributed by atoms with Gasteiger partial charge in [-0.05, 0) is 43.5 Å². The van der Waals surface area contributed by atoms with Crippen molar-refractivity contribution in [2.75, 3.05) is 13.1 Å². The lowest BCUT2D eigenvalue weighted by atomic mass is 9.96. The fourth-order valence-corrected chi connectivity index (χ4v) is 2.65. The second-order valence-corrected chi connectivity index (χ2v) is 4.68. The minimum absolute atomic E-state index is 0.0496. The third kappa shape index (κ3) is 2.68. The molecule has 1 unspecified atom stereocenters. The molecule has 0 aliphatic carbocycles. The van der Waals surface area contributed by atoms with Crippen LogP contribution in [-0.2, 0) is 6.42 Å². The van der Waals surface area contributed by atoms with E-state index in [1.807, 2.05) is 6.07 Å². The topological polar surface area (TPSA) is 27.0 Å². The molecular formula is C15H20N2. The number of nitriles is 1. The predicted octanol–water partition coefficient (Wildman–Crippen LogP) is 3.30. The Kier molecular flexibility index (Phi) is 4.17. The zero-order chi connectivity index (χ0) is 12.1. The van der Waals surface area contributed by atoms with E-state index >= 15 is 0 Å². The number of likely N-dealkylation sites (tertiary alicyclic amines) is 1. The summed E-state index contributed by atoms with van der Waals surface area (Å²) >= 11 is 0. The Morgan fingerprint density at radius 3 is 2.59 bits per heavy atom. The van der Waals surface area contributed by atoms with Crippen LogP contribution in [0.4, 0.5) is 0 Å². The minimum Gasteiger partial charge on any atom is -0.284 e. The van der Waals surface area contributed by atoms with Crippen LogP contribution in [-0.4, -0.2) is 18.0 Å². The highest BCUT2D eigenvalue weighted by Gasteiger charge is 2.23. The van der Waals surface area contributed by atoms with Crippen molar-refractivity contribution in [3.8, 4) is 6.07 Å². The molecule has 1 aliphatic rings. The summed E-state index contributed by atoms with van der Waals surface area (Å²) in [6, 6.07) is 10.8. The van der Waals surface area contributed by atoms with Crippen molar-refractivity contribution >= 4 is 0 Å². The Balaban J connectivity index is 2.25. The van der Waals surface area contributed by atoms with Crippen molar-refractivity contribution in [1.82, 2.24) is 4.90 Å². The van der Waals surface area contributed by atoms with Crippen molar-refractivity contribution in [1.29, 1.82) is 5.26 Å². The van der Waals surface area contributed by atoms with Gasteiger partial charge in [0.2, 0.25) is 0 Å². The summed E-state index contributed by atoms with van der Waals surface area (Å²) in [6.07, 6.45) is 4.77. The van der Waals surface area contributed by atoms with E-state index in [0.29, 0.717) is 0 Å². The zero-order valence-electron chi connectivity index (χ0n) is 10.5. The van der Waals surface area contributed by atoms with Crippen molar-refractivity contribution in [2.24, 2.45) is 0 Å². The average molecular weight is 228 g/mol. The Hall–Kier alpha value is -1.33. The molecule has 1 atom stereocenters. The second kappa shape index (κ2) is 5.84. The number of hydrogen-bond acceptors (Lipinski definition) is 2. The third-order valence-electron chi connectivity index (χ3n) is 3.61. The molecule has 1 heterocycles. The number of rotatable bonds is 3. The van der Waals surface area contributed by atoms with Gasteiger partial charge in [0.25, 0.3) is 0 Å². The SMILES string of the molecule is CCc1ccccc1C(C#N)N1CCCCC1. The number of aryl methyl sites for hydroxylation is 1. The Morgan fingerprint density at radius 2 is 1.94 bits per heavy atom. The molecule has 0 spiro atoms. The van der Waals surface area contributed by atoms with Gasteiger partial charge in [0.15, 0.2) is 0 Å². The van der Waals surface area contributed by atoms with E-state index in [1.54, 1.807) is 0 Å². The van der Waals surface area contributed by atoms with Crippen LogP contribution in [0.5, 0.6) is 0 Å². The maximum absolute atomic E-state index is 9.46. The molecule has 1 fully saturated rings. The number of hydrogen-bond donors (Lipinski definition) is 0. The van der Waals surface area contributed by atoms with E-state index in [1.165, 1.54) is 30.4 Å². The molecule has 0 N–H and O–H groups in total. The maximum atomic E-state index is 9.46. The molecule has 90 valence electrons. The Labute approximate surface area is 104 Å². The van der Waals surface area contributed by atoms with Crippen LogP contribution in [0.1, 0.15) is 43.4 Å². The lowest BCUT2D eigenvalue weighted by Gasteiger charge is -2.31. The first kappa shape index (κ1) is 12.1. The van der Waals surface area contributed by atoms with Crippen LogP contribution >= 0.6 is 0 Å². The van der Waals surface area contributed by atoms with Crippen LogP contribution in [0.3, 0.4) is 0 Å². The summed E-state index contributed by atoms with van der Waals surface area (Å²) in [5.74, 6) is 0. The van der Waals surface area contributed by atoms with Gasteiger partial charge >= 0.3 is 0 Å². The van der Waals surface area contributed by atoms with Gasteiger partial charge in [-0.2, -0.15) is 5.26 Å². The van der Waals surface area contributed by atoms with Gasteiger partial charge in [-0.15, -0.1) is 0 Å². The van der Waals surface area contributed by atoms with Gasteiger partial charge in [-0.1, -0.05) is 37.6 Å². The molecule has 2 heteroatoms. The highest BCUT2D eigenvalue weighted by molar-refractivity contribution is 5.33. The van der Waals surface area contributed by atoms with Crippen LogP contribution < -0.4 is 0 Å². The minimum atomic E-state index is -0.0496.